The number of anilines is 2. The molecule has 1 aliphatic rings. The Morgan fingerprint density at radius 2 is 1.62 bits per heavy atom. The molecule has 4 N–H and O–H groups in total. The number of aliphatic hydroxyl groups is 1. The summed E-state index contributed by atoms with van der Waals surface area (Å²) in [6.45, 7) is -0.150. The number of rotatable bonds is 9. The van der Waals surface area contributed by atoms with E-state index in [0.29, 0.717) is 11.3 Å². The van der Waals surface area contributed by atoms with E-state index in [-0.39, 0.29) is 12.6 Å². The van der Waals surface area contributed by atoms with Crippen LogP contribution in [0.2, 0.25) is 0 Å². The highest BCUT2D eigenvalue weighted by molar-refractivity contribution is 7.80. The molecule has 0 fully saturated rings. The summed E-state index contributed by atoms with van der Waals surface area (Å²) >= 11 is 4.30. The van der Waals surface area contributed by atoms with Gasteiger partial charge in [0.15, 0.2) is 6.10 Å². The number of thiol groups is 1. The van der Waals surface area contributed by atoms with Crippen LogP contribution in [0.4, 0.5) is 16.2 Å². The molecule has 3 amide bonds. The molecule has 0 saturated carbocycles. The van der Waals surface area contributed by atoms with E-state index in [1.807, 2.05) is 24.3 Å². The van der Waals surface area contributed by atoms with Crippen molar-refractivity contribution in [2.24, 2.45) is 0 Å². The van der Waals surface area contributed by atoms with Crippen molar-refractivity contribution in [1.82, 2.24) is 5.32 Å². The second-order valence-electron chi connectivity index (χ2n) is 9.35. The molecule has 0 bridgehead atoms. The minimum absolute atomic E-state index is 0.248. The first-order valence-electron chi connectivity index (χ1n) is 12.7. The first kappa shape index (κ1) is 27.9. The Labute approximate surface area is 232 Å². The van der Waals surface area contributed by atoms with E-state index < -0.39 is 24.5 Å². The SMILES string of the molecule is O=C(NC[C@@H](O)C(=O)O)c1ccc(CN(C(=O)Nc2ccc(S)cc2)c2ccc(C3=CCCCC3)cc2)cc1. The van der Waals surface area contributed by atoms with E-state index in [9.17, 15) is 19.5 Å². The molecule has 202 valence electrons. The maximum Gasteiger partial charge on any atom is 0.334 e. The predicted molar refractivity (Wildman–Crippen MR) is 154 cm³/mol. The summed E-state index contributed by atoms with van der Waals surface area (Å²) in [7, 11) is 0. The number of carboxylic acid groups (broad SMARTS) is 1. The molecule has 1 aliphatic carbocycles. The summed E-state index contributed by atoms with van der Waals surface area (Å²) in [5, 5.41) is 23.5. The number of aliphatic carboxylic acids is 1. The van der Waals surface area contributed by atoms with Crippen molar-refractivity contribution in [1.29, 1.82) is 0 Å². The van der Waals surface area contributed by atoms with Gasteiger partial charge in [-0.3, -0.25) is 9.69 Å². The fourth-order valence-corrected chi connectivity index (χ4v) is 4.44. The van der Waals surface area contributed by atoms with Crippen LogP contribution in [0.5, 0.6) is 0 Å². The third-order valence-corrected chi connectivity index (χ3v) is 6.80. The van der Waals surface area contributed by atoms with Crippen LogP contribution < -0.4 is 15.5 Å². The predicted octanol–water partition coefficient (Wildman–Crippen LogP) is 5.35. The molecule has 0 saturated heterocycles. The number of nitrogens with zero attached hydrogens (tertiary/aromatic N) is 1. The maximum absolute atomic E-state index is 13.4. The smallest absolute Gasteiger partial charge is 0.334 e. The summed E-state index contributed by atoms with van der Waals surface area (Å²) < 4.78 is 0. The molecule has 3 aromatic carbocycles. The van der Waals surface area contributed by atoms with Crippen molar-refractivity contribution < 1.29 is 24.6 Å². The zero-order chi connectivity index (χ0) is 27.8. The topological polar surface area (TPSA) is 119 Å². The number of hydrogen-bond donors (Lipinski definition) is 5. The van der Waals surface area contributed by atoms with E-state index in [0.717, 1.165) is 34.6 Å². The van der Waals surface area contributed by atoms with Crippen LogP contribution >= 0.6 is 12.6 Å². The van der Waals surface area contributed by atoms with E-state index in [1.54, 1.807) is 53.4 Å². The van der Waals surface area contributed by atoms with Gasteiger partial charge < -0.3 is 20.8 Å². The van der Waals surface area contributed by atoms with Gasteiger partial charge >= 0.3 is 12.0 Å². The molecule has 0 heterocycles. The second kappa shape index (κ2) is 13.1. The lowest BCUT2D eigenvalue weighted by Crippen LogP contribution is -2.36. The molecule has 1 atom stereocenters. The van der Waals surface area contributed by atoms with Crippen LogP contribution in [0.15, 0.2) is 83.8 Å². The van der Waals surface area contributed by atoms with Gasteiger partial charge in [0.05, 0.1) is 13.1 Å². The standard InChI is InChI=1S/C30H31N3O5S/c34-27(29(36)37)18-31-28(35)23-8-6-20(7-9-23)19-33(30(38)32-24-12-16-26(39)17-13-24)25-14-10-22(11-15-25)21-4-2-1-3-5-21/h4,6-17,27,34,39H,1-3,5,18-19H2,(H,31,35)(H,32,38)(H,36,37)/t27-/m1/s1. The van der Waals surface area contributed by atoms with Crippen LogP contribution in [0.3, 0.4) is 0 Å². The third-order valence-electron chi connectivity index (χ3n) is 6.50. The highest BCUT2D eigenvalue weighted by Crippen LogP contribution is 2.29. The van der Waals surface area contributed by atoms with E-state index >= 15 is 0 Å². The first-order chi connectivity index (χ1) is 18.8. The van der Waals surface area contributed by atoms with Crippen LogP contribution in [0.1, 0.15) is 47.2 Å². The molecular weight excluding hydrogens is 514 g/mol. The number of carboxylic acids is 1. The quantitative estimate of drug-likeness (QED) is 0.232. The van der Waals surface area contributed by atoms with Crippen molar-refractivity contribution in [3.8, 4) is 0 Å². The Bertz CT molecular complexity index is 1340. The Morgan fingerprint density at radius 1 is 0.923 bits per heavy atom. The van der Waals surface area contributed by atoms with Crippen molar-refractivity contribution >= 4 is 47.5 Å². The fourth-order valence-electron chi connectivity index (χ4n) is 4.29. The second-order valence-corrected chi connectivity index (χ2v) is 9.86. The lowest BCUT2D eigenvalue weighted by Gasteiger charge is -2.24. The van der Waals surface area contributed by atoms with Gasteiger partial charge in [0.25, 0.3) is 5.91 Å². The number of urea groups is 1. The number of carbonyl (C=O) groups is 3. The largest absolute Gasteiger partial charge is 0.479 e. The third kappa shape index (κ3) is 7.72. The number of hydrogen-bond acceptors (Lipinski definition) is 5. The molecule has 0 aromatic heterocycles. The van der Waals surface area contributed by atoms with Gasteiger partial charge in [0.1, 0.15) is 0 Å². The van der Waals surface area contributed by atoms with Gasteiger partial charge in [0.2, 0.25) is 0 Å². The maximum atomic E-state index is 13.4. The summed E-state index contributed by atoms with van der Waals surface area (Å²) in [5.74, 6) is -1.91. The first-order valence-corrected chi connectivity index (χ1v) is 13.2. The van der Waals surface area contributed by atoms with Crippen molar-refractivity contribution in [3.05, 3.63) is 95.6 Å². The average molecular weight is 546 g/mol. The minimum atomic E-state index is -1.68. The molecule has 0 aliphatic heterocycles. The molecule has 9 heteroatoms. The normalized spacial score (nSPS) is 13.6. The van der Waals surface area contributed by atoms with Gasteiger partial charge in [-0.1, -0.05) is 30.3 Å². The number of carbonyl (C=O) groups excluding carboxylic acids is 2. The van der Waals surface area contributed by atoms with Crippen LogP contribution in [0.25, 0.3) is 5.57 Å². The molecule has 0 radical (unpaired) electrons. The molecule has 3 aromatic rings. The van der Waals surface area contributed by atoms with Gasteiger partial charge in [-0.25, -0.2) is 9.59 Å². The number of allylic oxidation sites excluding steroid dienone is 2. The summed E-state index contributed by atoms with van der Waals surface area (Å²) in [4.78, 5) is 38.9. The van der Waals surface area contributed by atoms with Gasteiger partial charge in [-0.2, -0.15) is 0 Å². The number of amides is 3. The van der Waals surface area contributed by atoms with Crippen molar-refractivity contribution in [3.63, 3.8) is 0 Å². The fraction of sp³-hybridized carbons (Fsp3) is 0.233. The molecule has 0 spiro atoms. The average Bonchev–Trinajstić information content (AvgIpc) is 2.96. The number of benzene rings is 3. The van der Waals surface area contributed by atoms with Crippen LogP contribution in [0, 0.1) is 0 Å². The molecule has 39 heavy (non-hydrogen) atoms. The summed E-state index contributed by atoms with van der Waals surface area (Å²) in [6, 6.07) is 21.5. The monoisotopic (exact) mass is 545 g/mol. The van der Waals surface area contributed by atoms with E-state index in [2.05, 4.69) is 29.3 Å². The number of nitrogens with one attached hydrogen (secondary N) is 2. The minimum Gasteiger partial charge on any atom is -0.479 e. The Balaban J connectivity index is 1.52. The van der Waals surface area contributed by atoms with Crippen molar-refractivity contribution in [2.75, 3.05) is 16.8 Å². The van der Waals surface area contributed by atoms with Crippen LogP contribution in [-0.2, 0) is 11.3 Å². The molecular formula is C30H31N3O5S. The molecule has 4 rings (SSSR count). The van der Waals surface area contributed by atoms with E-state index in [1.165, 1.54) is 18.4 Å². The van der Waals surface area contributed by atoms with Gasteiger partial charge in [0, 0.05) is 21.8 Å². The lowest BCUT2D eigenvalue weighted by atomic mass is 9.93. The van der Waals surface area contributed by atoms with Crippen LogP contribution in [-0.4, -0.2) is 40.8 Å². The Hall–Kier alpha value is -4.08. The Morgan fingerprint density at radius 3 is 2.23 bits per heavy atom. The summed E-state index contributed by atoms with van der Waals surface area (Å²) in [6.07, 6.45) is 5.15. The molecule has 8 nitrogen and oxygen atoms in total. The number of aliphatic hydroxyl groups excluding tert-OH is 1. The van der Waals surface area contributed by atoms with Gasteiger partial charge in [-0.15, -0.1) is 12.6 Å². The zero-order valence-corrected chi connectivity index (χ0v) is 22.2. The highest BCUT2D eigenvalue weighted by Gasteiger charge is 2.19. The van der Waals surface area contributed by atoms with E-state index in [4.69, 9.17) is 5.11 Å². The lowest BCUT2D eigenvalue weighted by molar-refractivity contribution is -0.146. The summed E-state index contributed by atoms with van der Waals surface area (Å²) in [5.41, 5.74) is 4.96. The van der Waals surface area contributed by atoms with Gasteiger partial charge in [-0.05, 0) is 90.9 Å². The zero-order valence-electron chi connectivity index (χ0n) is 21.3. The highest BCUT2D eigenvalue weighted by atomic mass is 32.1. The van der Waals surface area contributed by atoms with Crippen molar-refractivity contribution in [2.45, 2.75) is 43.2 Å². The Kier molecular flexibility index (Phi) is 9.40. The molecule has 0 unspecified atom stereocenters.